The molecule has 11 heteroatoms. The van der Waals surface area contributed by atoms with Crippen LogP contribution in [0.25, 0.3) is 0 Å². The largest absolute Gasteiger partial charge is 0.465 e. The number of methoxy groups -OCH3 is 1. The van der Waals surface area contributed by atoms with E-state index in [9.17, 15) is 19.8 Å². The third-order valence-electron chi connectivity index (χ3n) is 7.25. The number of aromatic nitrogens is 2. The Bertz CT molecular complexity index is 1160. The minimum atomic E-state index is -1.04. The van der Waals surface area contributed by atoms with Crippen molar-refractivity contribution in [2.24, 2.45) is 5.92 Å². The number of likely N-dealkylation sites (tertiary alicyclic amines) is 1. The quantitative estimate of drug-likeness (QED) is 0.259. The lowest BCUT2D eigenvalue weighted by Crippen LogP contribution is -2.59. The van der Waals surface area contributed by atoms with E-state index in [1.165, 1.54) is 4.90 Å². The Morgan fingerprint density at radius 1 is 1.19 bits per heavy atom. The summed E-state index contributed by atoms with van der Waals surface area (Å²) in [4.78, 5) is 38.8. The number of aliphatic hydroxyl groups excluding tert-OH is 1. The molecular formula is C31H48N6O5. The molecule has 2 aromatic rings. The van der Waals surface area contributed by atoms with E-state index in [0.29, 0.717) is 43.3 Å². The molecular weight excluding hydrogens is 536 g/mol. The molecule has 1 saturated heterocycles. The molecule has 0 aliphatic carbocycles. The number of carbonyl (C=O) groups is 2. The van der Waals surface area contributed by atoms with Crippen LogP contribution in [0.4, 0.5) is 10.6 Å². The van der Waals surface area contributed by atoms with Gasteiger partial charge in [-0.25, -0.2) is 14.8 Å². The number of nitrogens with one attached hydrogen (secondary N) is 2. The SMILES string of the molecule is COCCCNc1nc(C(C)(C)C)ncc1C(=O)N(CC(C)C)[C@H]1C[C@@H](NCC(O)c2ccccc2)CN(C(=O)O)C1. The van der Waals surface area contributed by atoms with Gasteiger partial charge in [-0.1, -0.05) is 65.0 Å². The fourth-order valence-electron chi connectivity index (χ4n) is 5.08. The van der Waals surface area contributed by atoms with Crippen LogP contribution in [-0.2, 0) is 10.2 Å². The van der Waals surface area contributed by atoms with Crippen molar-refractivity contribution in [3.8, 4) is 0 Å². The van der Waals surface area contributed by atoms with Crippen molar-refractivity contribution in [3.05, 3.63) is 53.5 Å². The van der Waals surface area contributed by atoms with Crippen molar-refractivity contribution in [2.45, 2.75) is 71.1 Å². The van der Waals surface area contributed by atoms with Crippen molar-refractivity contribution >= 4 is 17.8 Å². The normalized spacial score (nSPS) is 18.1. The average molecular weight is 585 g/mol. The van der Waals surface area contributed by atoms with E-state index in [4.69, 9.17) is 9.72 Å². The van der Waals surface area contributed by atoms with Crippen molar-refractivity contribution in [1.82, 2.24) is 25.1 Å². The van der Waals surface area contributed by atoms with Gasteiger partial charge in [-0.15, -0.1) is 0 Å². The Labute approximate surface area is 249 Å². The number of benzene rings is 1. The van der Waals surface area contributed by atoms with Gasteiger partial charge < -0.3 is 35.4 Å². The second-order valence-corrected chi connectivity index (χ2v) is 12.4. The van der Waals surface area contributed by atoms with Crippen molar-refractivity contribution in [1.29, 1.82) is 0 Å². The fraction of sp³-hybridized carbons (Fsp3) is 0.613. The van der Waals surface area contributed by atoms with Crippen molar-refractivity contribution in [3.63, 3.8) is 0 Å². The molecule has 1 fully saturated rings. The number of ether oxygens (including phenoxy) is 1. The van der Waals surface area contributed by atoms with E-state index in [-0.39, 0.29) is 49.0 Å². The van der Waals surface area contributed by atoms with Crippen LogP contribution in [0.5, 0.6) is 0 Å². The molecule has 1 aliphatic heterocycles. The van der Waals surface area contributed by atoms with Crippen LogP contribution in [0.1, 0.15) is 75.3 Å². The number of nitrogens with zero attached hydrogens (tertiary/aromatic N) is 4. The highest BCUT2D eigenvalue weighted by molar-refractivity contribution is 5.98. The number of anilines is 1. The maximum absolute atomic E-state index is 14.2. The van der Waals surface area contributed by atoms with E-state index in [1.54, 1.807) is 18.2 Å². The summed E-state index contributed by atoms with van der Waals surface area (Å²) in [5.41, 5.74) is 0.835. The summed E-state index contributed by atoms with van der Waals surface area (Å²) in [6, 6.07) is 8.73. The molecule has 2 heterocycles. The Morgan fingerprint density at radius 3 is 2.52 bits per heavy atom. The summed E-state index contributed by atoms with van der Waals surface area (Å²) in [6.45, 7) is 12.5. The molecule has 0 radical (unpaired) electrons. The number of amides is 2. The van der Waals surface area contributed by atoms with Gasteiger partial charge in [0.15, 0.2) is 0 Å². The second kappa shape index (κ2) is 15.3. The van der Waals surface area contributed by atoms with Crippen LogP contribution in [0.2, 0.25) is 0 Å². The molecule has 1 aromatic heterocycles. The zero-order valence-electron chi connectivity index (χ0n) is 25.8. The first kappa shape index (κ1) is 33.2. The van der Waals surface area contributed by atoms with Gasteiger partial charge in [-0.2, -0.15) is 0 Å². The van der Waals surface area contributed by atoms with E-state index in [1.807, 2.05) is 65.0 Å². The predicted molar refractivity (Wildman–Crippen MR) is 163 cm³/mol. The topological polar surface area (TPSA) is 140 Å². The lowest BCUT2D eigenvalue weighted by atomic mass is 9.95. The van der Waals surface area contributed by atoms with Crippen LogP contribution in [0, 0.1) is 5.92 Å². The maximum Gasteiger partial charge on any atom is 0.407 e. The molecule has 2 amide bonds. The molecule has 4 N–H and O–H groups in total. The Balaban J connectivity index is 1.88. The molecule has 1 aliphatic rings. The zero-order valence-corrected chi connectivity index (χ0v) is 25.8. The monoisotopic (exact) mass is 584 g/mol. The molecule has 0 saturated carbocycles. The lowest BCUT2D eigenvalue weighted by molar-refractivity contribution is 0.0437. The molecule has 42 heavy (non-hydrogen) atoms. The molecule has 11 nitrogen and oxygen atoms in total. The van der Waals surface area contributed by atoms with E-state index < -0.39 is 12.2 Å². The third kappa shape index (κ3) is 9.37. The Morgan fingerprint density at radius 2 is 1.90 bits per heavy atom. The first-order valence-electron chi connectivity index (χ1n) is 14.8. The minimum Gasteiger partial charge on any atom is -0.465 e. The third-order valence-corrected chi connectivity index (χ3v) is 7.25. The van der Waals surface area contributed by atoms with Gasteiger partial charge in [-0.05, 0) is 24.3 Å². The standard InChI is InChI=1S/C31H48N6O5/c1-21(2)18-37(28(39)25-16-34-29(31(3,4)5)35-27(25)32-13-10-14-42-6)24-15-23(19-36(20-24)30(40)41)33-17-26(38)22-11-8-7-9-12-22/h7-9,11-12,16,21,23-24,26,33,38H,10,13-15,17-20H2,1-6H3,(H,40,41)(H,32,34,35)/t23-,24+,26?/m1/s1. The molecule has 3 atom stereocenters. The molecule has 1 aromatic carbocycles. The van der Waals surface area contributed by atoms with Crippen LogP contribution >= 0.6 is 0 Å². The highest BCUT2D eigenvalue weighted by atomic mass is 16.5. The van der Waals surface area contributed by atoms with E-state index in [0.717, 1.165) is 12.0 Å². The summed E-state index contributed by atoms with van der Waals surface area (Å²) in [5, 5.41) is 27.3. The number of hydrogen-bond acceptors (Lipinski definition) is 8. The summed E-state index contributed by atoms with van der Waals surface area (Å²) in [6.07, 6.45) is 1.11. The maximum atomic E-state index is 14.2. The summed E-state index contributed by atoms with van der Waals surface area (Å²) >= 11 is 0. The number of carboxylic acid groups (broad SMARTS) is 1. The molecule has 232 valence electrons. The molecule has 3 rings (SSSR count). The van der Waals surface area contributed by atoms with Crippen molar-refractivity contribution in [2.75, 3.05) is 51.8 Å². The molecule has 0 bridgehead atoms. The lowest BCUT2D eigenvalue weighted by Gasteiger charge is -2.43. The Hall–Kier alpha value is -3.28. The molecule has 1 unspecified atom stereocenters. The van der Waals surface area contributed by atoms with Gasteiger partial charge in [-0.3, -0.25) is 4.79 Å². The average Bonchev–Trinajstić information content (AvgIpc) is 2.96. The van der Waals surface area contributed by atoms with Gasteiger partial charge >= 0.3 is 6.09 Å². The second-order valence-electron chi connectivity index (χ2n) is 12.4. The van der Waals surface area contributed by atoms with Gasteiger partial charge in [0, 0.05) is 64.1 Å². The van der Waals surface area contributed by atoms with Gasteiger partial charge in [0.1, 0.15) is 17.2 Å². The molecule has 0 spiro atoms. The summed E-state index contributed by atoms with van der Waals surface area (Å²) in [5.74, 6) is 1.00. The number of rotatable bonds is 13. The number of hydrogen-bond donors (Lipinski definition) is 4. The van der Waals surface area contributed by atoms with E-state index in [2.05, 4.69) is 15.6 Å². The number of piperidine rings is 1. The first-order valence-corrected chi connectivity index (χ1v) is 14.8. The zero-order chi connectivity index (χ0) is 30.9. The predicted octanol–water partition coefficient (Wildman–Crippen LogP) is 3.76. The fourth-order valence-corrected chi connectivity index (χ4v) is 5.08. The number of aliphatic hydroxyl groups is 1. The van der Waals surface area contributed by atoms with Crippen LogP contribution in [0.15, 0.2) is 36.5 Å². The van der Waals surface area contributed by atoms with E-state index >= 15 is 0 Å². The number of carbonyl (C=O) groups excluding carboxylic acids is 1. The van der Waals surface area contributed by atoms with Gasteiger partial charge in [0.2, 0.25) is 0 Å². The van der Waals surface area contributed by atoms with Gasteiger partial charge in [0.05, 0.1) is 12.1 Å². The highest BCUT2D eigenvalue weighted by Gasteiger charge is 2.37. The minimum absolute atomic E-state index is 0.147. The highest BCUT2D eigenvalue weighted by Crippen LogP contribution is 2.26. The van der Waals surface area contributed by atoms with Crippen LogP contribution in [0.3, 0.4) is 0 Å². The van der Waals surface area contributed by atoms with Crippen LogP contribution < -0.4 is 10.6 Å². The first-order chi connectivity index (χ1) is 19.9. The van der Waals surface area contributed by atoms with Gasteiger partial charge in [0.25, 0.3) is 5.91 Å². The van der Waals surface area contributed by atoms with Crippen LogP contribution in [-0.4, -0.2) is 101 Å². The Kier molecular flexibility index (Phi) is 12.1. The summed E-state index contributed by atoms with van der Waals surface area (Å²) in [7, 11) is 1.65. The summed E-state index contributed by atoms with van der Waals surface area (Å²) < 4.78 is 5.17. The van der Waals surface area contributed by atoms with Crippen molar-refractivity contribution < 1.29 is 24.5 Å². The smallest absolute Gasteiger partial charge is 0.407 e.